The van der Waals surface area contributed by atoms with E-state index in [1.54, 1.807) is 7.11 Å². The van der Waals surface area contributed by atoms with Gasteiger partial charge in [-0.25, -0.2) is 0 Å². The van der Waals surface area contributed by atoms with Crippen LogP contribution in [-0.4, -0.2) is 18.2 Å². The largest absolute Gasteiger partial charge is 0.495 e. The number of aromatic nitrogens is 1. The minimum Gasteiger partial charge on any atom is -0.495 e. The zero-order valence-electron chi connectivity index (χ0n) is 9.46. The van der Waals surface area contributed by atoms with E-state index < -0.39 is 0 Å². The fraction of sp³-hybridized carbons (Fsp3) is 0.333. The Morgan fingerprint density at radius 2 is 2.19 bits per heavy atom. The highest BCUT2D eigenvalue weighted by atomic mass is 35.5. The monoisotopic (exact) mass is 238 g/mol. The third kappa shape index (κ3) is 1.77. The maximum absolute atomic E-state index is 6.10. The van der Waals surface area contributed by atoms with E-state index in [0.29, 0.717) is 17.3 Å². The molecule has 0 aliphatic heterocycles. The Bertz CT molecular complexity index is 519. The van der Waals surface area contributed by atoms with Crippen LogP contribution in [0.25, 0.3) is 10.9 Å². The molecule has 0 aliphatic rings. The second-order valence-corrected chi connectivity index (χ2v) is 4.22. The van der Waals surface area contributed by atoms with Crippen molar-refractivity contribution < 1.29 is 4.74 Å². The van der Waals surface area contributed by atoms with Crippen molar-refractivity contribution in [2.45, 2.75) is 6.42 Å². The number of methoxy groups -OCH3 is 1. The first-order valence-electron chi connectivity index (χ1n) is 5.19. The highest BCUT2D eigenvalue weighted by molar-refractivity contribution is 6.32. The number of nitrogens with zero attached hydrogens (tertiary/aromatic N) is 1. The summed E-state index contributed by atoms with van der Waals surface area (Å²) in [5.74, 6) is 0.707. The maximum Gasteiger partial charge on any atom is 0.138 e. The van der Waals surface area contributed by atoms with E-state index in [1.807, 2.05) is 19.2 Å². The molecule has 2 rings (SSSR count). The van der Waals surface area contributed by atoms with Crippen LogP contribution in [0.5, 0.6) is 5.75 Å². The number of hydrogen-bond donors (Lipinski definition) is 1. The van der Waals surface area contributed by atoms with E-state index in [4.69, 9.17) is 22.1 Å². The minimum atomic E-state index is 0.635. The summed E-state index contributed by atoms with van der Waals surface area (Å²) < 4.78 is 7.28. The van der Waals surface area contributed by atoms with Crippen LogP contribution in [0, 0.1) is 0 Å². The van der Waals surface area contributed by atoms with Crippen molar-refractivity contribution in [2.24, 2.45) is 12.8 Å². The number of fused-ring (bicyclic) bond motifs is 1. The van der Waals surface area contributed by atoms with Crippen LogP contribution in [0.15, 0.2) is 18.3 Å². The van der Waals surface area contributed by atoms with Gasteiger partial charge in [0.15, 0.2) is 0 Å². The molecule has 1 aromatic carbocycles. The number of aryl methyl sites for hydroxylation is 1. The van der Waals surface area contributed by atoms with Gasteiger partial charge in [-0.05, 0) is 30.7 Å². The molecule has 0 spiro atoms. The molecule has 0 fully saturated rings. The number of ether oxygens (including phenoxy) is 1. The minimum absolute atomic E-state index is 0.635. The lowest BCUT2D eigenvalue weighted by molar-refractivity contribution is 0.415. The molecule has 86 valence electrons. The molecule has 0 saturated carbocycles. The Labute approximate surface area is 99.7 Å². The van der Waals surface area contributed by atoms with E-state index in [-0.39, 0.29) is 0 Å². The second-order valence-electron chi connectivity index (χ2n) is 3.81. The molecule has 0 saturated heterocycles. The summed E-state index contributed by atoms with van der Waals surface area (Å²) in [4.78, 5) is 0. The summed E-state index contributed by atoms with van der Waals surface area (Å²) in [6.45, 7) is 0.643. The highest BCUT2D eigenvalue weighted by Crippen LogP contribution is 2.32. The molecule has 0 amide bonds. The average molecular weight is 239 g/mol. The normalized spacial score (nSPS) is 11.0. The summed E-state index contributed by atoms with van der Waals surface area (Å²) in [6.07, 6.45) is 2.95. The van der Waals surface area contributed by atoms with Gasteiger partial charge in [-0.1, -0.05) is 11.6 Å². The molecule has 0 atom stereocenters. The lowest BCUT2D eigenvalue weighted by Crippen LogP contribution is -2.01. The van der Waals surface area contributed by atoms with E-state index in [1.165, 1.54) is 5.56 Å². The highest BCUT2D eigenvalue weighted by Gasteiger charge is 2.10. The lowest BCUT2D eigenvalue weighted by Gasteiger charge is -2.04. The van der Waals surface area contributed by atoms with Gasteiger partial charge in [0, 0.05) is 24.1 Å². The van der Waals surface area contributed by atoms with E-state index >= 15 is 0 Å². The van der Waals surface area contributed by atoms with Crippen molar-refractivity contribution >= 4 is 22.5 Å². The molecule has 0 bridgehead atoms. The van der Waals surface area contributed by atoms with Gasteiger partial charge in [0.1, 0.15) is 5.75 Å². The molecule has 0 radical (unpaired) electrons. The van der Waals surface area contributed by atoms with Gasteiger partial charge in [0.2, 0.25) is 0 Å². The molecular formula is C12H15ClN2O. The quantitative estimate of drug-likeness (QED) is 0.892. The van der Waals surface area contributed by atoms with Crippen molar-refractivity contribution in [3.8, 4) is 5.75 Å². The third-order valence-corrected chi connectivity index (χ3v) is 3.05. The Morgan fingerprint density at radius 1 is 1.44 bits per heavy atom. The fourth-order valence-electron chi connectivity index (χ4n) is 1.98. The first-order chi connectivity index (χ1) is 7.67. The molecule has 0 unspecified atom stereocenters. The van der Waals surface area contributed by atoms with Crippen molar-refractivity contribution in [2.75, 3.05) is 13.7 Å². The number of hydrogen-bond acceptors (Lipinski definition) is 2. The predicted molar refractivity (Wildman–Crippen MR) is 67.2 cm³/mol. The van der Waals surface area contributed by atoms with Gasteiger partial charge in [0.05, 0.1) is 12.1 Å². The Balaban J connectivity index is 2.67. The van der Waals surface area contributed by atoms with Crippen LogP contribution in [0.3, 0.4) is 0 Å². The van der Waals surface area contributed by atoms with Gasteiger partial charge < -0.3 is 15.0 Å². The molecule has 3 nitrogen and oxygen atoms in total. The van der Waals surface area contributed by atoms with Crippen molar-refractivity contribution in [1.82, 2.24) is 4.57 Å². The first-order valence-corrected chi connectivity index (χ1v) is 5.56. The van der Waals surface area contributed by atoms with Gasteiger partial charge >= 0.3 is 0 Å². The van der Waals surface area contributed by atoms with Gasteiger partial charge in [-0.15, -0.1) is 0 Å². The molecule has 1 aromatic heterocycles. The van der Waals surface area contributed by atoms with Crippen LogP contribution in [0.2, 0.25) is 5.02 Å². The Morgan fingerprint density at radius 3 is 2.81 bits per heavy atom. The number of benzene rings is 1. The number of nitrogens with two attached hydrogens (primary N) is 1. The molecule has 1 heterocycles. The second kappa shape index (κ2) is 4.36. The summed E-state index contributed by atoms with van der Waals surface area (Å²) in [5.41, 5.74) is 7.93. The number of halogens is 1. The summed E-state index contributed by atoms with van der Waals surface area (Å²) in [5, 5.41) is 1.80. The van der Waals surface area contributed by atoms with Crippen LogP contribution in [0.4, 0.5) is 0 Å². The fourth-order valence-corrected chi connectivity index (χ4v) is 2.21. The van der Waals surface area contributed by atoms with Crippen molar-refractivity contribution in [3.63, 3.8) is 0 Å². The van der Waals surface area contributed by atoms with Crippen LogP contribution in [0.1, 0.15) is 5.56 Å². The topological polar surface area (TPSA) is 40.2 Å². The third-order valence-electron chi connectivity index (χ3n) is 2.76. The molecule has 2 N–H and O–H groups in total. The zero-order valence-corrected chi connectivity index (χ0v) is 10.2. The van der Waals surface area contributed by atoms with E-state index in [0.717, 1.165) is 17.3 Å². The maximum atomic E-state index is 6.10. The number of rotatable bonds is 3. The predicted octanol–water partition coefficient (Wildman–Crippen LogP) is 2.34. The summed E-state index contributed by atoms with van der Waals surface area (Å²) >= 11 is 6.10. The van der Waals surface area contributed by atoms with Crippen LogP contribution >= 0.6 is 11.6 Å². The Kier molecular flexibility index (Phi) is 3.08. The standard InChI is InChI=1S/C12H15ClN2O/c1-15-7-8(3-4-14)9-5-12(16-2)10(13)6-11(9)15/h5-7H,3-4,14H2,1-2H3. The van der Waals surface area contributed by atoms with Crippen molar-refractivity contribution in [3.05, 3.63) is 28.9 Å². The van der Waals surface area contributed by atoms with Gasteiger partial charge in [-0.3, -0.25) is 0 Å². The molecule has 0 aliphatic carbocycles. The Hall–Kier alpha value is -1.19. The van der Waals surface area contributed by atoms with Gasteiger partial charge in [0.25, 0.3) is 0 Å². The van der Waals surface area contributed by atoms with E-state index in [2.05, 4.69) is 10.8 Å². The SMILES string of the molecule is COc1cc2c(CCN)cn(C)c2cc1Cl. The average Bonchev–Trinajstić information content (AvgIpc) is 2.55. The molecular weight excluding hydrogens is 224 g/mol. The zero-order chi connectivity index (χ0) is 11.7. The first kappa shape index (κ1) is 11.3. The van der Waals surface area contributed by atoms with Crippen LogP contribution in [-0.2, 0) is 13.5 Å². The smallest absolute Gasteiger partial charge is 0.138 e. The summed E-state index contributed by atoms with van der Waals surface area (Å²) in [7, 11) is 3.63. The van der Waals surface area contributed by atoms with Crippen LogP contribution < -0.4 is 10.5 Å². The lowest BCUT2D eigenvalue weighted by atomic mass is 10.1. The molecule has 16 heavy (non-hydrogen) atoms. The summed E-state index contributed by atoms with van der Waals surface area (Å²) in [6, 6.07) is 3.90. The molecule has 2 aromatic rings. The van der Waals surface area contributed by atoms with Gasteiger partial charge in [-0.2, -0.15) is 0 Å². The van der Waals surface area contributed by atoms with Crippen molar-refractivity contribution in [1.29, 1.82) is 0 Å². The van der Waals surface area contributed by atoms with E-state index in [9.17, 15) is 0 Å². The molecule has 4 heteroatoms.